The van der Waals surface area contributed by atoms with Gasteiger partial charge >= 0.3 is 29.5 Å². The lowest BCUT2D eigenvalue weighted by Gasteiger charge is -2.26. The molecule has 0 aromatic heterocycles. The van der Waals surface area contributed by atoms with Crippen molar-refractivity contribution in [3.8, 4) is 0 Å². The summed E-state index contributed by atoms with van der Waals surface area (Å²) in [7, 11) is 0. The van der Waals surface area contributed by atoms with E-state index in [4.69, 9.17) is 15.3 Å². The van der Waals surface area contributed by atoms with Crippen LogP contribution in [0.5, 0.6) is 0 Å². The zero-order valence-electron chi connectivity index (χ0n) is 9.88. The van der Waals surface area contributed by atoms with Gasteiger partial charge in [0.2, 0.25) is 6.10 Å². The van der Waals surface area contributed by atoms with Crippen LogP contribution >= 0.6 is 0 Å². The van der Waals surface area contributed by atoms with Crippen LogP contribution in [0.2, 0.25) is 0 Å². The van der Waals surface area contributed by atoms with Crippen LogP contribution in [0, 0.1) is 0 Å². The summed E-state index contributed by atoms with van der Waals surface area (Å²) >= 11 is 0. The third-order valence-electron chi connectivity index (χ3n) is 2.28. The molecule has 0 bridgehead atoms. The molecule has 1 aliphatic rings. The van der Waals surface area contributed by atoms with Gasteiger partial charge in [-0.1, -0.05) is 0 Å². The highest BCUT2D eigenvalue weighted by Gasteiger charge is 2.53. The van der Waals surface area contributed by atoms with E-state index in [0.29, 0.717) is 0 Å². The van der Waals surface area contributed by atoms with E-state index in [1.54, 1.807) is 0 Å². The topological polar surface area (TPSA) is 180 Å². The van der Waals surface area contributed by atoms with Crippen molar-refractivity contribution in [2.75, 3.05) is 19.8 Å². The molecule has 1 aliphatic heterocycles. The normalized spacial score (nSPS) is 35.2. The average Bonchev–Trinajstić information content (AvgIpc) is 2.44. The predicted molar refractivity (Wildman–Crippen MR) is 53.2 cm³/mol. The lowest BCUT2D eigenvalue weighted by Crippen LogP contribution is -2.54. The zero-order valence-corrected chi connectivity index (χ0v) is 9.88. The van der Waals surface area contributed by atoms with Crippen molar-refractivity contribution in [3.63, 3.8) is 0 Å². The predicted octanol–water partition coefficient (Wildman–Crippen LogP) is -4.65. The number of cyclic esters (lactones) is 3. The molecule has 0 aliphatic carbocycles. The maximum atomic E-state index is 11.5. The molecule has 0 spiro atoms. The van der Waals surface area contributed by atoms with E-state index in [1.165, 1.54) is 0 Å². The Morgan fingerprint density at radius 1 is 0.900 bits per heavy atom. The van der Waals surface area contributed by atoms with Gasteiger partial charge in [-0.25, -0.2) is 14.4 Å². The van der Waals surface area contributed by atoms with Crippen LogP contribution in [0.1, 0.15) is 0 Å². The monoisotopic (exact) mass is 296 g/mol. The Balaban J connectivity index is 3.24. The van der Waals surface area contributed by atoms with Gasteiger partial charge in [0.25, 0.3) is 0 Å². The molecule has 11 heteroatoms. The number of ether oxygens (including phenoxy) is 3. The van der Waals surface area contributed by atoms with E-state index in [1.807, 2.05) is 0 Å². The lowest BCUT2D eigenvalue weighted by atomic mass is 10.2. The maximum Gasteiger partial charge on any atom is 0.385 e. The minimum atomic E-state index is -3.23. The van der Waals surface area contributed by atoms with E-state index >= 15 is 0 Å². The van der Waals surface area contributed by atoms with Crippen molar-refractivity contribution < 1.29 is 54.1 Å². The summed E-state index contributed by atoms with van der Waals surface area (Å²) in [6.07, 6.45) is -2.01. The molecule has 0 radical (unpaired) electrons. The van der Waals surface area contributed by atoms with E-state index in [-0.39, 0.29) is 0 Å². The van der Waals surface area contributed by atoms with Crippen molar-refractivity contribution >= 4 is 17.9 Å². The molecule has 20 heavy (non-hydrogen) atoms. The molecule has 114 valence electrons. The Morgan fingerprint density at radius 3 is 1.85 bits per heavy atom. The van der Waals surface area contributed by atoms with Gasteiger partial charge in [-0.15, -0.1) is 0 Å². The third kappa shape index (κ3) is 2.86. The Kier molecular flexibility index (Phi) is 4.62. The van der Waals surface area contributed by atoms with Gasteiger partial charge in [0.15, 0.2) is 0 Å². The summed E-state index contributed by atoms with van der Waals surface area (Å²) in [4.78, 5) is 34.4. The lowest BCUT2D eigenvalue weighted by molar-refractivity contribution is -0.265. The van der Waals surface area contributed by atoms with Crippen molar-refractivity contribution in [2.45, 2.75) is 17.7 Å². The number of hydrogen-bond donors (Lipinski definition) is 5. The molecule has 0 saturated carbocycles. The number of aliphatic hydroxyl groups excluding tert-OH is 3. The van der Waals surface area contributed by atoms with Crippen LogP contribution < -0.4 is 0 Å². The van der Waals surface area contributed by atoms with Gasteiger partial charge in [0, 0.05) is 0 Å². The molecule has 1 saturated heterocycles. The Hall–Kier alpha value is -1.79. The van der Waals surface area contributed by atoms with E-state index in [2.05, 4.69) is 14.2 Å². The number of rotatable bonds is 3. The summed E-state index contributed by atoms with van der Waals surface area (Å²) in [5, 5.41) is 45.7. The highest BCUT2D eigenvalue weighted by molar-refractivity contribution is 5.90. The van der Waals surface area contributed by atoms with E-state index in [9.17, 15) is 24.6 Å². The second-order valence-electron chi connectivity index (χ2n) is 3.77. The quantitative estimate of drug-likeness (QED) is 0.249. The number of esters is 3. The summed E-state index contributed by atoms with van der Waals surface area (Å²) in [6.45, 7) is -4.04. The molecule has 3 atom stereocenters. The Bertz CT molecular complexity index is 416. The highest BCUT2D eigenvalue weighted by Crippen LogP contribution is 2.21. The minimum Gasteiger partial charge on any atom is -0.443 e. The second-order valence-corrected chi connectivity index (χ2v) is 3.77. The molecular weight excluding hydrogens is 284 g/mol. The van der Waals surface area contributed by atoms with Crippen LogP contribution in [0.15, 0.2) is 0 Å². The van der Waals surface area contributed by atoms with Gasteiger partial charge in [0.1, 0.15) is 13.2 Å². The first-order valence-corrected chi connectivity index (χ1v) is 5.17. The SMILES string of the molecule is O=C1OC(O)(CO)C(=O)OC(O)(CO)C(=O)OC1CO. The van der Waals surface area contributed by atoms with Crippen LogP contribution in [0.4, 0.5) is 0 Å². The van der Waals surface area contributed by atoms with Crippen molar-refractivity contribution in [1.29, 1.82) is 0 Å². The molecule has 5 N–H and O–H groups in total. The second kappa shape index (κ2) is 5.68. The minimum absolute atomic E-state index is 1.11. The molecule has 3 unspecified atom stereocenters. The van der Waals surface area contributed by atoms with Gasteiger partial charge in [-0.05, 0) is 0 Å². The molecule has 1 rings (SSSR count). The number of hydrogen-bond acceptors (Lipinski definition) is 11. The first-order chi connectivity index (χ1) is 9.22. The highest BCUT2D eigenvalue weighted by atomic mass is 16.8. The Morgan fingerprint density at radius 2 is 1.40 bits per heavy atom. The van der Waals surface area contributed by atoms with Crippen molar-refractivity contribution in [3.05, 3.63) is 0 Å². The van der Waals surface area contributed by atoms with Gasteiger partial charge in [0.05, 0.1) is 6.61 Å². The molecule has 1 fully saturated rings. The average molecular weight is 296 g/mol. The zero-order chi connectivity index (χ0) is 15.6. The molecule has 11 nitrogen and oxygen atoms in total. The Labute approximate surface area is 110 Å². The molecular formula is C9H12O11. The molecule has 0 amide bonds. The van der Waals surface area contributed by atoms with Crippen molar-refractivity contribution in [1.82, 2.24) is 0 Å². The maximum absolute atomic E-state index is 11.5. The number of aliphatic hydroxyl groups is 5. The van der Waals surface area contributed by atoms with E-state index < -0.39 is 55.4 Å². The van der Waals surface area contributed by atoms with Gasteiger partial charge < -0.3 is 39.7 Å². The molecule has 0 aromatic carbocycles. The first kappa shape index (κ1) is 16.3. The van der Waals surface area contributed by atoms with Crippen LogP contribution in [-0.4, -0.2) is 80.9 Å². The fourth-order valence-corrected chi connectivity index (χ4v) is 1.12. The summed E-state index contributed by atoms with van der Waals surface area (Å²) in [6, 6.07) is 0. The standard InChI is InChI=1S/C9H12O11/c10-1-4-5(13)19-9(17,3-12)7(15)20-8(16,2-11)6(14)18-4/h4,10-12,16-17H,1-3H2. The molecule has 0 aromatic rings. The first-order valence-electron chi connectivity index (χ1n) is 5.17. The summed E-state index contributed by atoms with van der Waals surface area (Å²) in [5.74, 6) is -11.7. The van der Waals surface area contributed by atoms with Crippen LogP contribution in [0.3, 0.4) is 0 Å². The third-order valence-corrected chi connectivity index (χ3v) is 2.28. The molecule has 1 heterocycles. The smallest absolute Gasteiger partial charge is 0.385 e. The number of carbonyl (C=O) groups is 3. The largest absolute Gasteiger partial charge is 0.443 e. The van der Waals surface area contributed by atoms with E-state index in [0.717, 1.165) is 0 Å². The van der Waals surface area contributed by atoms with Gasteiger partial charge in [-0.2, -0.15) is 0 Å². The van der Waals surface area contributed by atoms with Crippen LogP contribution in [0.25, 0.3) is 0 Å². The van der Waals surface area contributed by atoms with Gasteiger partial charge in [-0.3, -0.25) is 0 Å². The summed E-state index contributed by atoms with van der Waals surface area (Å²) in [5.41, 5.74) is 0. The fraction of sp³-hybridized carbons (Fsp3) is 0.667. The number of carbonyl (C=O) groups excluding carboxylic acids is 3. The van der Waals surface area contributed by atoms with Crippen molar-refractivity contribution in [2.24, 2.45) is 0 Å². The summed E-state index contributed by atoms with van der Waals surface area (Å²) < 4.78 is 12.5. The fourth-order valence-electron chi connectivity index (χ4n) is 1.12. The van der Waals surface area contributed by atoms with Crippen LogP contribution in [-0.2, 0) is 28.6 Å².